The fourth-order valence-electron chi connectivity index (χ4n) is 2.73. The van der Waals surface area contributed by atoms with Crippen molar-refractivity contribution in [2.24, 2.45) is 5.41 Å². The van der Waals surface area contributed by atoms with Gasteiger partial charge in [-0.25, -0.2) is 4.98 Å². The Morgan fingerprint density at radius 3 is 2.90 bits per heavy atom. The zero-order valence-corrected chi connectivity index (χ0v) is 13.0. The molecule has 1 N–H and O–H groups in total. The van der Waals surface area contributed by atoms with E-state index in [0.717, 1.165) is 38.6 Å². The van der Waals surface area contributed by atoms with Gasteiger partial charge in [-0.05, 0) is 29.9 Å². The van der Waals surface area contributed by atoms with Crippen LogP contribution in [0.4, 0.5) is 5.82 Å². The van der Waals surface area contributed by atoms with Crippen LogP contribution in [-0.2, 0) is 11.3 Å². The summed E-state index contributed by atoms with van der Waals surface area (Å²) in [5, 5.41) is 3.34. The monoisotopic (exact) mass is 277 g/mol. The Morgan fingerprint density at radius 1 is 1.40 bits per heavy atom. The lowest BCUT2D eigenvalue weighted by Gasteiger charge is -2.38. The summed E-state index contributed by atoms with van der Waals surface area (Å²) < 4.78 is 5.01. The smallest absolute Gasteiger partial charge is 0.128 e. The summed E-state index contributed by atoms with van der Waals surface area (Å²) in [7, 11) is 1.72. The van der Waals surface area contributed by atoms with Gasteiger partial charge < -0.3 is 15.0 Å². The lowest BCUT2D eigenvalue weighted by atomic mass is 9.84. The summed E-state index contributed by atoms with van der Waals surface area (Å²) >= 11 is 0. The van der Waals surface area contributed by atoms with Crippen molar-refractivity contribution in [2.45, 2.75) is 33.2 Å². The third-order valence-electron chi connectivity index (χ3n) is 3.85. The van der Waals surface area contributed by atoms with Crippen LogP contribution in [0.5, 0.6) is 0 Å². The van der Waals surface area contributed by atoms with E-state index in [9.17, 15) is 0 Å². The molecule has 0 unspecified atom stereocenters. The number of nitrogens with one attached hydrogen (secondary N) is 1. The molecule has 4 nitrogen and oxygen atoms in total. The first kappa shape index (κ1) is 15.3. The molecule has 1 aliphatic heterocycles. The first-order valence-electron chi connectivity index (χ1n) is 7.50. The molecule has 0 aromatic carbocycles. The van der Waals surface area contributed by atoms with Crippen LogP contribution < -0.4 is 10.2 Å². The number of rotatable bonds is 6. The Bertz CT molecular complexity index is 403. The van der Waals surface area contributed by atoms with Crippen LogP contribution in [0.2, 0.25) is 0 Å². The van der Waals surface area contributed by atoms with Crippen LogP contribution in [-0.4, -0.2) is 38.3 Å². The third-order valence-corrected chi connectivity index (χ3v) is 3.85. The molecule has 1 aliphatic rings. The van der Waals surface area contributed by atoms with Gasteiger partial charge in [0.25, 0.3) is 0 Å². The Labute approximate surface area is 122 Å². The highest BCUT2D eigenvalue weighted by Gasteiger charge is 2.26. The van der Waals surface area contributed by atoms with Gasteiger partial charge >= 0.3 is 0 Å². The highest BCUT2D eigenvalue weighted by Crippen LogP contribution is 2.30. The third kappa shape index (κ3) is 4.46. The molecule has 0 spiro atoms. The maximum atomic E-state index is 5.01. The molecule has 2 heterocycles. The lowest BCUT2D eigenvalue weighted by molar-refractivity contribution is 0.199. The molecule has 0 radical (unpaired) electrons. The quantitative estimate of drug-likeness (QED) is 0.811. The second kappa shape index (κ2) is 7.04. The molecule has 1 saturated heterocycles. The predicted molar refractivity (Wildman–Crippen MR) is 83.0 cm³/mol. The molecule has 1 aromatic rings. The first-order chi connectivity index (χ1) is 9.61. The number of hydrogen-bond acceptors (Lipinski definition) is 4. The van der Waals surface area contributed by atoms with Gasteiger partial charge in [0.15, 0.2) is 0 Å². The van der Waals surface area contributed by atoms with Crippen LogP contribution in [0.3, 0.4) is 0 Å². The fourth-order valence-corrected chi connectivity index (χ4v) is 2.73. The molecule has 0 bridgehead atoms. The zero-order valence-electron chi connectivity index (χ0n) is 13.0. The number of methoxy groups -OCH3 is 1. The van der Waals surface area contributed by atoms with Gasteiger partial charge in [0.1, 0.15) is 5.82 Å². The van der Waals surface area contributed by atoms with Gasteiger partial charge in [-0.2, -0.15) is 0 Å². The predicted octanol–water partition coefficient (Wildman–Crippen LogP) is 2.44. The molecule has 20 heavy (non-hydrogen) atoms. The van der Waals surface area contributed by atoms with Crippen LogP contribution >= 0.6 is 0 Å². The Kier molecular flexibility index (Phi) is 5.38. The number of pyridine rings is 1. The second-order valence-electron chi connectivity index (χ2n) is 6.38. The molecule has 0 amide bonds. The van der Waals surface area contributed by atoms with E-state index in [1.54, 1.807) is 7.11 Å². The van der Waals surface area contributed by atoms with E-state index in [2.05, 4.69) is 41.2 Å². The fraction of sp³-hybridized carbons (Fsp3) is 0.688. The van der Waals surface area contributed by atoms with E-state index >= 15 is 0 Å². The number of aromatic nitrogens is 1. The topological polar surface area (TPSA) is 37.4 Å². The van der Waals surface area contributed by atoms with Gasteiger partial charge in [0, 0.05) is 39.5 Å². The number of ether oxygens (including phenoxy) is 1. The van der Waals surface area contributed by atoms with Crippen LogP contribution in [0.1, 0.15) is 32.3 Å². The van der Waals surface area contributed by atoms with E-state index in [-0.39, 0.29) is 0 Å². The highest BCUT2D eigenvalue weighted by molar-refractivity contribution is 5.40. The van der Waals surface area contributed by atoms with Crippen molar-refractivity contribution in [3.63, 3.8) is 0 Å². The summed E-state index contributed by atoms with van der Waals surface area (Å²) in [4.78, 5) is 7.03. The van der Waals surface area contributed by atoms with Crippen molar-refractivity contribution in [3.8, 4) is 0 Å². The Hall–Kier alpha value is -1.13. The molecular formula is C16H27N3O. The van der Waals surface area contributed by atoms with Crippen LogP contribution in [0.25, 0.3) is 0 Å². The zero-order chi connectivity index (χ0) is 14.4. The molecule has 0 aliphatic carbocycles. The average molecular weight is 277 g/mol. The van der Waals surface area contributed by atoms with Crippen LogP contribution in [0, 0.1) is 5.41 Å². The number of nitrogens with zero attached hydrogens (tertiary/aromatic N) is 2. The molecule has 112 valence electrons. The van der Waals surface area contributed by atoms with E-state index in [0.29, 0.717) is 5.41 Å². The van der Waals surface area contributed by atoms with Gasteiger partial charge in [-0.15, -0.1) is 0 Å². The lowest BCUT2D eigenvalue weighted by Crippen LogP contribution is -2.40. The molecule has 4 heteroatoms. The van der Waals surface area contributed by atoms with Gasteiger partial charge in [-0.1, -0.05) is 19.9 Å². The van der Waals surface area contributed by atoms with E-state index in [1.165, 1.54) is 18.4 Å². The standard InChI is InChI=1S/C16H27N3O/c1-16(2)7-4-9-19(13-16)15-6-5-14(12-18-15)11-17-8-10-20-3/h5-6,12,17H,4,7-11,13H2,1-3H3. The van der Waals surface area contributed by atoms with Crippen molar-refractivity contribution in [3.05, 3.63) is 23.9 Å². The Morgan fingerprint density at radius 2 is 2.25 bits per heavy atom. The molecule has 1 fully saturated rings. The summed E-state index contributed by atoms with van der Waals surface area (Å²) in [6.07, 6.45) is 4.55. The molecule has 1 aromatic heterocycles. The van der Waals surface area contributed by atoms with Crippen LogP contribution in [0.15, 0.2) is 18.3 Å². The minimum atomic E-state index is 0.403. The molecule has 0 atom stereocenters. The molecule has 0 saturated carbocycles. The average Bonchev–Trinajstić information content (AvgIpc) is 2.43. The van der Waals surface area contributed by atoms with E-state index in [4.69, 9.17) is 4.74 Å². The summed E-state index contributed by atoms with van der Waals surface area (Å²) in [6, 6.07) is 4.32. The largest absolute Gasteiger partial charge is 0.383 e. The van der Waals surface area contributed by atoms with Crippen molar-refractivity contribution in [1.29, 1.82) is 0 Å². The maximum Gasteiger partial charge on any atom is 0.128 e. The van der Waals surface area contributed by atoms with Gasteiger partial charge in [0.05, 0.1) is 6.61 Å². The number of anilines is 1. The van der Waals surface area contributed by atoms with Crippen molar-refractivity contribution in [1.82, 2.24) is 10.3 Å². The normalized spacial score (nSPS) is 18.2. The highest BCUT2D eigenvalue weighted by atomic mass is 16.5. The minimum Gasteiger partial charge on any atom is -0.383 e. The van der Waals surface area contributed by atoms with Gasteiger partial charge in [-0.3, -0.25) is 0 Å². The van der Waals surface area contributed by atoms with Crippen molar-refractivity contribution >= 4 is 5.82 Å². The molecule has 2 rings (SSSR count). The summed E-state index contributed by atoms with van der Waals surface area (Å²) in [6.45, 7) is 9.38. The Balaban J connectivity index is 1.87. The first-order valence-corrected chi connectivity index (χ1v) is 7.50. The SMILES string of the molecule is COCCNCc1ccc(N2CCCC(C)(C)C2)nc1. The van der Waals surface area contributed by atoms with E-state index in [1.807, 2.05) is 6.20 Å². The van der Waals surface area contributed by atoms with E-state index < -0.39 is 0 Å². The summed E-state index contributed by atoms with van der Waals surface area (Å²) in [5.41, 5.74) is 1.63. The maximum absolute atomic E-state index is 5.01. The van der Waals surface area contributed by atoms with Gasteiger partial charge in [0.2, 0.25) is 0 Å². The van der Waals surface area contributed by atoms with Crippen molar-refractivity contribution < 1.29 is 4.74 Å². The van der Waals surface area contributed by atoms with Crippen molar-refractivity contribution in [2.75, 3.05) is 38.3 Å². The minimum absolute atomic E-state index is 0.403. The molecular weight excluding hydrogens is 250 g/mol. The number of hydrogen-bond donors (Lipinski definition) is 1. The number of piperidine rings is 1. The summed E-state index contributed by atoms with van der Waals surface area (Å²) in [5.74, 6) is 1.11. The second-order valence-corrected chi connectivity index (χ2v) is 6.38.